The van der Waals surface area contributed by atoms with E-state index in [0.717, 1.165) is 62.4 Å². The SMILES string of the molecule is COCc1nc(C2CC(N)C2)cc(N2CCN(C3CCSCC3)CC2)n1.Cl.Cl. The lowest BCUT2D eigenvalue weighted by Crippen LogP contribution is -2.51. The van der Waals surface area contributed by atoms with E-state index < -0.39 is 0 Å². The molecular formula is C19H33Cl2N5OS. The number of ether oxygens (including phenoxy) is 1. The third kappa shape index (κ3) is 5.64. The minimum atomic E-state index is 0. The van der Waals surface area contributed by atoms with Crippen LogP contribution >= 0.6 is 36.6 Å². The monoisotopic (exact) mass is 449 g/mol. The number of hydrogen-bond acceptors (Lipinski definition) is 7. The molecule has 0 unspecified atom stereocenters. The fraction of sp³-hybridized carbons (Fsp3) is 0.789. The molecule has 2 saturated heterocycles. The van der Waals surface area contributed by atoms with Crippen molar-refractivity contribution in [3.05, 3.63) is 17.6 Å². The number of halogens is 2. The molecule has 1 saturated carbocycles. The van der Waals surface area contributed by atoms with E-state index in [4.69, 9.17) is 20.4 Å². The second-order valence-electron chi connectivity index (χ2n) is 7.80. The molecule has 0 bridgehead atoms. The maximum atomic E-state index is 5.98. The molecule has 2 N–H and O–H groups in total. The number of nitrogens with two attached hydrogens (primary N) is 1. The number of aromatic nitrogens is 2. The van der Waals surface area contributed by atoms with Gasteiger partial charge in [-0.2, -0.15) is 11.8 Å². The summed E-state index contributed by atoms with van der Waals surface area (Å²) in [5.41, 5.74) is 7.13. The van der Waals surface area contributed by atoms with Gasteiger partial charge in [0.1, 0.15) is 12.4 Å². The van der Waals surface area contributed by atoms with E-state index in [9.17, 15) is 0 Å². The molecule has 28 heavy (non-hydrogen) atoms. The summed E-state index contributed by atoms with van der Waals surface area (Å²) in [6, 6.07) is 3.32. The molecule has 1 aromatic rings. The van der Waals surface area contributed by atoms with E-state index in [1.165, 1.54) is 24.3 Å². The highest BCUT2D eigenvalue weighted by molar-refractivity contribution is 7.99. The Morgan fingerprint density at radius 3 is 2.39 bits per heavy atom. The molecule has 9 heteroatoms. The van der Waals surface area contributed by atoms with Gasteiger partial charge >= 0.3 is 0 Å². The molecule has 3 heterocycles. The van der Waals surface area contributed by atoms with Crippen molar-refractivity contribution in [3.63, 3.8) is 0 Å². The Labute approximate surface area is 185 Å². The highest BCUT2D eigenvalue weighted by atomic mass is 35.5. The quantitative estimate of drug-likeness (QED) is 0.740. The molecule has 2 aliphatic heterocycles. The van der Waals surface area contributed by atoms with E-state index in [-0.39, 0.29) is 24.8 Å². The zero-order valence-corrected chi connectivity index (χ0v) is 19.0. The lowest BCUT2D eigenvalue weighted by Gasteiger charge is -2.41. The van der Waals surface area contributed by atoms with Crippen LogP contribution in [0.2, 0.25) is 0 Å². The first kappa shape index (κ1) is 24.0. The predicted molar refractivity (Wildman–Crippen MR) is 121 cm³/mol. The second-order valence-corrected chi connectivity index (χ2v) is 9.02. The minimum absolute atomic E-state index is 0. The zero-order chi connectivity index (χ0) is 17.9. The Morgan fingerprint density at radius 2 is 1.79 bits per heavy atom. The number of nitrogens with zero attached hydrogens (tertiary/aromatic N) is 4. The van der Waals surface area contributed by atoms with Crippen molar-refractivity contribution in [1.29, 1.82) is 0 Å². The molecule has 3 fully saturated rings. The normalized spacial score (nSPS) is 26.1. The standard InChI is InChI=1S/C19H31N5OS.2ClH/c1-25-13-18-21-17(14-10-15(20)11-14)12-19(22-18)24-6-4-23(5-7-24)16-2-8-26-9-3-16;;/h12,14-16H,2-11,13,20H2,1H3;2*1H. The van der Waals surface area contributed by atoms with E-state index >= 15 is 0 Å². The average Bonchev–Trinajstić information content (AvgIpc) is 2.66. The first-order valence-electron chi connectivity index (χ1n) is 9.92. The first-order chi connectivity index (χ1) is 12.7. The summed E-state index contributed by atoms with van der Waals surface area (Å²) in [6.07, 6.45) is 4.77. The van der Waals surface area contributed by atoms with E-state index in [0.29, 0.717) is 18.6 Å². The number of piperazine rings is 1. The van der Waals surface area contributed by atoms with Crippen molar-refractivity contribution in [2.24, 2.45) is 5.73 Å². The van der Waals surface area contributed by atoms with Crippen molar-refractivity contribution in [2.45, 2.75) is 50.3 Å². The summed E-state index contributed by atoms with van der Waals surface area (Å²) in [7, 11) is 1.70. The van der Waals surface area contributed by atoms with Crippen LogP contribution < -0.4 is 10.6 Å². The van der Waals surface area contributed by atoms with Gasteiger partial charge in [0.25, 0.3) is 0 Å². The van der Waals surface area contributed by atoms with Gasteiger partial charge in [-0.05, 0) is 37.2 Å². The van der Waals surface area contributed by atoms with Gasteiger partial charge in [0.2, 0.25) is 0 Å². The van der Waals surface area contributed by atoms with Crippen LogP contribution in [0.4, 0.5) is 5.82 Å². The summed E-state index contributed by atoms with van der Waals surface area (Å²) in [6.45, 7) is 4.86. The van der Waals surface area contributed by atoms with Gasteiger partial charge in [-0.3, -0.25) is 4.90 Å². The molecule has 3 aliphatic rings. The predicted octanol–water partition coefficient (Wildman–Crippen LogP) is 2.69. The van der Waals surface area contributed by atoms with Crippen LogP contribution in [0, 0.1) is 0 Å². The van der Waals surface area contributed by atoms with Crippen LogP contribution in [0.25, 0.3) is 0 Å². The third-order valence-corrected chi connectivity index (χ3v) is 7.04. The van der Waals surface area contributed by atoms with Gasteiger partial charge in [-0.1, -0.05) is 0 Å². The van der Waals surface area contributed by atoms with Crippen LogP contribution in [-0.4, -0.2) is 71.7 Å². The Bertz CT molecular complexity index is 606. The van der Waals surface area contributed by atoms with Gasteiger partial charge in [0, 0.05) is 63.1 Å². The minimum Gasteiger partial charge on any atom is -0.377 e. The Hall–Kier alpha value is -0.310. The van der Waals surface area contributed by atoms with Crippen molar-refractivity contribution < 1.29 is 4.74 Å². The van der Waals surface area contributed by atoms with Crippen LogP contribution in [0.15, 0.2) is 6.07 Å². The lowest BCUT2D eigenvalue weighted by molar-refractivity contribution is 0.173. The van der Waals surface area contributed by atoms with Crippen LogP contribution in [-0.2, 0) is 11.3 Å². The summed E-state index contributed by atoms with van der Waals surface area (Å²) < 4.78 is 5.30. The number of anilines is 1. The molecule has 0 aromatic carbocycles. The Morgan fingerprint density at radius 1 is 1.11 bits per heavy atom. The van der Waals surface area contributed by atoms with E-state index in [1.54, 1.807) is 7.11 Å². The summed E-state index contributed by atoms with van der Waals surface area (Å²) in [5, 5.41) is 0. The zero-order valence-electron chi connectivity index (χ0n) is 16.6. The molecule has 0 atom stereocenters. The summed E-state index contributed by atoms with van der Waals surface area (Å²) in [4.78, 5) is 14.6. The third-order valence-electron chi connectivity index (χ3n) is 5.99. The molecular weight excluding hydrogens is 417 g/mol. The molecule has 0 radical (unpaired) electrons. The Balaban J connectivity index is 0.00000140. The van der Waals surface area contributed by atoms with Crippen LogP contribution in [0.1, 0.15) is 43.1 Å². The summed E-state index contributed by atoms with van der Waals surface area (Å²) >= 11 is 2.10. The van der Waals surface area contributed by atoms with E-state index in [2.05, 4.69) is 27.6 Å². The molecule has 1 aromatic heterocycles. The number of hydrogen-bond donors (Lipinski definition) is 1. The maximum absolute atomic E-state index is 5.98. The first-order valence-corrected chi connectivity index (χ1v) is 11.1. The average molecular weight is 450 g/mol. The number of rotatable bonds is 5. The van der Waals surface area contributed by atoms with Crippen LogP contribution in [0.5, 0.6) is 0 Å². The van der Waals surface area contributed by atoms with Crippen molar-refractivity contribution in [2.75, 3.05) is 49.7 Å². The smallest absolute Gasteiger partial charge is 0.156 e. The van der Waals surface area contributed by atoms with Gasteiger partial charge in [0.15, 0.2) is 5.82 Å². The number of thioether (sulfide) groups is 1. The maximum Gasteiger partial charge on any atom is 0.156 e. The molecule has 0 spiro atoms. The molecule has 1 aliphatic carbocycles. The molecule has 6 nitrogen and oxygen atoms in total. The van der Waals surface area contributed by atoms with Gasteiger partial charge in [-0.15, -0.1) is 24.8 Å². The molecule has 4 rings (SSSR count). The fourth-order valence-corrected chi connectivity index (χ4v) is 5.42. The van der Waals surface area contributed by atoms with Gasteiger partial charge < -0.3 is 15.4 Å². The molecule has 0 amide bonds. The van der Waals surface area contributed by atoms with Crippen molar-refractivity contribution in [1.82, 2.24) is 14.9 Å². The summed E-state index contributed by atoms with van der Waals surface area (Å²) in [5.74, 6) is 5.01. The van der Waals surface area contributed by atoms with Gasteiger partial charge in [-0.25, -0.2) is 9.97 Å². The fourth-order valence-electron chi connectivity index (χ4n) is 4.34. The lowest BCUT2D eigenvalue weighted by atomic mass is 9.78. The topological polar surface area (TPSA) is 67.5 Å². The highest BCUT2D eigenvalue weighted by Crippen LogP contribution is 2.36. The van der Waals surface area contributed by atoms with Crippen LogP contribution in [0.3, 0.4) is 0 Å². The van der Waals surface area contributed by atoms with Crippen molar-refractivity contribution in [3.8, 4) is 0 Å². The molecule has 160 valence electrons. The highest BCUT2D eigenvalue weighted by Gasteiger charge is 2.30. The largest absolute Gasteiger partial charge is 0.377 e. The Kier molecular flexibility index (Phi) is 9.57. The van der Waals surface area contributed by atoms with Gasteiger partial charge in [0.05, 0.1) is 0 Å². The number of methoxy groups -OCH3 is 1. The van der Waals surface area contributed by atoms with E-state index in [1.807, 2.05) is 0 Å². The second kappa shape index (κ2) is 11.2. The van der Waals surface area contributed by atoms with Crippen molar-refractivity contribution >= 4 is 42.4 Å².